The summed E-state index contributed by atoms with van der Waals surface area (Å²) in [7, 11) is 0. The number of benzene rings is 1. The fourth-order valence-electron chi connectivity index (χ4n) is 2.06. The lowest BCUT2D eigenvalue weighted by Crippen LogP contribution is -2.11. The molecule has 0 aliphatic heterocycles. The van der Waals surface area contributed by atoms with Crippen LogP contribution in [0, 0.1) is 13.8 Å². The molecule has 5 nitrogen and oxygen atoms in total. The van der Waals surface area contributed by atoms with Gasteiger partial charge in [0, 0.05) is 0 Å². The molecule has 0 bridgehead atoms. The smallest absolute Gasteiger partial charge is 0.356 e. The first-order valence-corrected chi connectivity index (χ1v) is 6.37. The molecule has 1 aromatic heterocycles. The average Bonchev–Trinajstić information content (AvgIpc) is 2.42. The molecule has 1 atom stereocenters. The second-order valence-electron chi connectivity index (χ2n) is 4.75. The number of nitrogens with zero attached hydrogens (tertiary/aromatic N) is 2. The van der Waals surface area contributed by atoms with Gasteiger partial charge in [-0.3, -0.25) is 0 Å². The predicted molar refractivity (Wildman–Crippen MR) is 76.9 cm³/mol. The molecule has 104 valence electrons. The van der Waals surface area contributed by atoms with Crippen LogP contribution in [0.5, 0.6) is 0 Å². The molecule has 1 heterocycles. The number of hydrogen-bond acceptors (Lipinski definition) is 4. The van der Waals surface area contributed by atoms with Gasteiger partial charge < -0.3 is 10.4 Å². The van der Waals surface area contributed by atoms with Crippen molar-refractivity contribution in [3.05, 3.63) is 53.0 Å². The summed E-state index contributed by atoms with van der Waals surface area (Å²) in [6.07, 6.45) is 2.69. The maximum absolute atomic E-state index is 10.7. The fraction of sp³-hybridized carbons (Fsp3) is 0.267. The molecule has 0 saturated heterocycles. The van der Waals surface area contributed by atoms with Crippen molar-refractivity contribution >= 4 is 11.8 Å². The van der Waals surface area contributed by atoms with Crippen molar-refractivity contribution in [3.8, 4) is 0 Å². The van der Waals surface area contributed by atoms with E-state index in [4.69, 9.17) is 5.11 Å². The predicted octanol–water partition coefficient (Wildman–Crippen LogP) is 2.96. The van der Waals surface area contributed by atoms with Gasteiger partial charge in [0.25, 0.3) is 0 Å². The van der Waals surface area contributed by atoms with Crippen molar-refractivity contribution in [2.24, 2.45) is 0 Å². The minimum Gasteiger partial charge on any atom is -0.476 e. The second kappa shape index (κ2) is 5.69. The summed E-state index contributed by atoms with van der Waals surface area (Å²) in [4.78, 5) is 18.6. The molecule has 1 unspecified atom stereocenters. The van der Waals surface area contributed by atoms with Gasteiger partial charge in [0.05, 0.1) is 18.4 Å². The SMILES string of the molecule is Cc1cccc(C(C)Nc2cnc(C(=O)O)cn2)c1C. The molecule has 2 rings (SSSR count). The fourth-order valence-corrected chi connectivity index (χ4v) is 2.06. The first-order chi connectivity index (χ1) is 9.49. The number of anilines is 1. The van der Waals surface area contributed by atoms with Crippen LogP contribution in [0.2, 0.25) is 0 Å². The van der Waals surface area contributed by atoms with Gasteiger partial charge in [0.1, 0.15) is 5.82 Å². The van der Waals surface area contributed by atoms with Crippen molar-refractivity contribution in [1.82, 2.24) is 9.97 Å². The molecular formula is C15H17N3O2. The van der Waals surface area contributed by atoms with Gasteiger partial charge in [0.15, 0.2) is 5.69 Å². The summed E-state index contributed by atoms with van der Waals surface area (Å²) >= 11 is 0. The summed E-state index contributed by atoms with van der Waals surface area (Å²) < 4.78 is 0. The van der Waals surface area contributed by atoms with Crippen LogP contribution in [0.25, 0.3) is 0 Å². The van der Waals surface area contributed by atoms with E-state index < -0.39 is 5.97 Å². The van der Waals surface area contributed by atoms with E-state index in [1.807, 2.05) is 13.0 Å². The molecule has 0 spiro atoms. The van der Waals surface area contributed by atoms with Crippen LogP contribution in [0.1, 0.15) is 40.1 Å². The van der Waals surface area contributed by atoms with Gasteiger partial charge in [-0.1, -0.05) is 18.2 Å². The quantitative estimate of drug-likeness (QED) is 0.894. The minimum absolute atomic E-state index is 0.0602. The molecule has 1 aromatic carbocycles. The zero-order chi connectivity index (χ0) is 14.7. The van der Waals surface area contributed by atoms with E-state index >= 15 is 0 Å². The van der Waals surface area contributed by atoms with E-state index in [1.54, 1.807) is 0 Å². The summed E-state index contributed by atoms with van der Waals surface area (Å²) in [5.41, 5.74) is 3.61. The highest BCUT2D eigenvalue weighted by molar-refractivity contribution is 5.84. The third-order valence-electron chi connectivity index (χ3n) is 3.35. The third-order valence-corrected chi connectivity index (χ3v) is 3.35. The highest BCUT2D eigenvalue weighted by Crippen LogP contribution is 2.22. The Hall–Kier alpha value is -2.43. The van der Waals surface area contributed by atoms with Gasteiger partial charge in [-0.2, -0.15) is 0 Å². The van der Waals surface area contributed by atoms with Crippen molar-refractivity contribution in [3.63, 3.8) is 0 Å². The number of nitrogens with one attached hydrogen (secondary N) is 1. The first kappa shape index (κ1) is 14.0. The van der Waals surface area contributed by atoms with Gasteiger partial charge in [-0.15, -0.1) is 0 Å². The highest BCUT2D eigenvalue weighted by atomic mass is 16.4. The third kappa shape index (κ3) is 2.93. The number of carbonyl (C=O) groups is 1. The molecule has 2 aromatic rings. The number of aryl methyl sites for hydroxylation is 1. The summed E-state index contributed by atoms with van der Waals surface area (Å²) in [5, 5.41) is 12.0. The van der Waals surface area contributed by atoms with Crippen molar-refractivity contribution in [2.75, 3.05) is 5.32 Å². The lowest BCUT2D eigenvalue weighted by atomic mass is 9.98. The number of carboxylic acid groups (broad SMARTS) is 1. The van der Waals surface area contributed by atoms with E-state index in [0.29, 0.717) is 5.82 Å². The van der Waals surface area contributed by atoms with Gasteiger partial charge in [0.2, 0.25) is 0 Å². The standard InChI is InChI=1S/C15H17N3O2/c1-9-5-4-6-12(10(9)2)11(3)18-14-8-16-13(7-17-14)15(19)20/h4-8,11H,1-3H3,(H,17,18)(H,19,20). The second-order valence-corrected chi connectivity index (χ2v) is 4.75. The lowest BCUT2D eigenvalue weighted by molar-refractivity contribution is 0.0690. The van der Waals surface area contributed by atoms with Crippen LogP contribution in [-0.2, 0) is 0 Å². The van der Waals surface area contributed by atoms with Crippen LogP contribution in [0.3, 0.4) is 0 Å². The van der Waals surface area contributed by atoms with E-state index in [2.05, 4.69) is 41.3 Å². The van der Waals surface area contributed by atoms with E-state index in [0.717, 1.165) is 0 Å². The topological polar surface area (TPSA) is 75.1 Å². The average molecular weight is 271 g/mol. The Kier molecular flexibility index (Phi) is 3.98. The van der Waals surface area contributed by atoms with Crippen LogP contribution < -0.4 is 5.32 Å². The summed E-state index contributed by atoms with van der Waals surface area (Å²) in [5.74, 6) is -0.518. The number of hydrogen-bond donors (Lipinski definition) is 2. The van der Waals surface area contributed by atoms with Gasteiger partial charge in [-0.25, -0.2) is 14.8 Å². The number of rotatable bonds is 4. The van der Waals surface area contributed by atoms with Crippen LogP contribution in [0.15, 0.2) is 30.6 Å². The van der Waals surface area contributed by atoms with Gasteiger partial charge in [-0.05, 0) is 37.5 Å². The number of carboxylic acids is 1. The van der Waals surface area contributed by atoms with Crippen LogP contribution in [0.4, 0.5) is 5.82 Å². The highest BCUT2D eigenvalue weighted by Gasteiger charge is 2.11. The Morgan fingerprint density at radius 3 is 2.60 bits per heavy atom. The molecule has 0 saturated carbocycles. The maximum Gasteiger partial charge on any atom is 0.356 e. The van der Waals surface area contributed by atoms with Crippen LogP contribution in [-0.4, -0.2) is 21.0 Å². The van der Waals surface area contributed by atoms with E-state index in [1.165, 1.54) is 29.1 Å². The molecule has 0 aliphatic rings. The Morgan fingerprint density at radius 2 is 2.00 bits per heavy atom. The minimum atomic E-state index is -1.08. The summed E-state index contributed by atoms with van der Waals surface area (Å²) in [6.45, 7) is 6.20. The molecule has 5 heteroatoms. The first-order valence-electron chi connectivity index (χ1n) is 6.37. The molecule has 0 aliphatic carbocycles. The Bertz CT molecular complexity index is 624. The number of aromatic nitrogens is 2. The Balaban J connectivity index is 2.17. The monoisotopic (exact) mass is 271 g/mol. The molecule has 0 fully saturated rings. The Labute approximate surface area is 117 Å². The normalized spacial score (nSPS) is 11.9. The van der Waals surface area contributed by atoms with Crippen molar-refractivity contribution in [2.45, 2.75) is 26.8 Å². The van der Waals surface area contributed by atoms with E-state index in [-0.39, 0.29) is 11.7 Å². The zero-order valence-electron chi connectivity index (χ0n) is 11.7. The Morgan fingerprint density at radius 1 is 1.25 bits per heavy atom. The maximum atomic E-state index is 10.7. The zero-order valence-corrected chi connectivity index (χ0v) is 11.7. The molecule has 0 radical (unpaired) electrons. The lowest BCUT2D eigenvalue weighted by Gasteiger charge is -2.18. The molecule has 2 N–H and O–H groups in total. The molecule has 20 heavy (non-hydrogen) atoms. The largest absolute Gasteiger partial charge is 0.476 e. The van der Waals surface area contributed by atoms with Crippen molar-refractivity contribution in [1.29, 1.82) is 0 Å². The molecular weight excluding hydrogens is 254 g/mol. The van der Waals surface area contributed by atoms with Gasteiger partial charge >= 0.3 is 5.97 Å². The van der Waals surface area contributed by atoms with Crippen LogP contribution >= 0.6 is 0 Å². The summed E-state index contributed by atoms with van der Waals surface area (Å²) in [6, 6.07) is 6.24. The molecule has 0 amide bonds. The number of aromatic carboxylic acids is 1. The van der Waals surface area contributed by atoms with Crippen molar-refractivity contribution < 1.29 is 9.90 Å². The van der Waals surface area contributed by atoms with E-state index in [9.17, 15) is 4.79 Å².